The topological polar surface area (TPSA) is 35.5 Å². The smallest absolute Gasteiger partial charge is 0.0623 e. The number of nitrogens with zero attached hydrogens (tertiary/aromatic N) is 1. The predicted molar refractivity (Wildman–Crippen MR) is 64.0 cm³/mol. The largest absolute Gasteiger partial charge is 0.394 e. The third kappa shape index (κ3) is 4.09. The Morgan fingerprint density at radius 2 is 2.27 bits per heavy atom. The van der Waals surface area contributed by atoms with E-state index in [4.69, 9.17) is 0 Å². The molecule has 0 aromatic rings. The zero-order valence-electron chi connectivity index (χ0n) is 10.4. The molecule has 90 valence electrons. The van der Waals surface area contributed by atoms with Crippen molar-refractivity contribution in [2.24, 2.45) is 5.92 Å². The van der Waals surface area contributed by atoms with Crippen LogP contribution >= 0.6 is 0 Å². The van der Waals surface area contributed by atoms with Gasteiger partial charge in [0, 0.05) is 13.1 Å². The Labute approximate surface area is 93.9 Å². The second-order valence-corrected chi connectivity index (χ2v) is 5.27. The molecule has 2 N–H and O–H groups in total. The maximum absolute atomic E-state index is 9.45. The molecule has 1 saturated heterocycles. The molecule has 1 heterocycles. The van der Waals surface area contributed by atoms with Gasteiger partial charge in [-0.1, -0.05) is 13.8 Å². The molecule has 0 aliphatic carbocycles. The molecule has 0 radical (unpaired) electrons. The number of rotatable bonds is 6. The van der Waals surface area contributed by atoms with Gasteiger partial charge in [-0.05, 0) is 38.8 Å². The van der Waals surface area contributed by atoms with E-state index in [2.05, 4.69) is 31.0 Å². The van der Waals surface area contributed by atoms with Gasteiger partial charge in [0.25, 0.3) is 0 Å². The highest BCUT2D eigenvalue weighted by molar-refractivity contribution is 4.88. The third-order valence-corrected chi connectivity index (χ3v) is 3.23. The monoisotopic (exact) mass is 214 g/mol. The van der Waals surface area contributed by atoms with E-state index in [1.54, 1.807) is 0 Å². The highest BCUT2D eigenvalue weighted by Gasteiger charge is 2.28. The minimum absolute atomic E-state index is 0.125. The summed E-state index contributed by atoms with van der Waals surface area (Å²) in [6.45, 7) is 11.1. The van der Waals surface area contributed by atoms with Crippen LogP contribution in [0, 0.1) is 5.92 Å². The van der Waals surface area contributed by atoms with Gasteiger partial charge in [-0.15, -0.1) is 0 Å². The second-order valence-electron chi connectivity index (χ2n) is 5.27. The van der Waals surface area contributed by atoms with Crippen LogP contribution in [0.4, 0.5) is 0 Å². The van der Waals surface area contributed by atoms with Crippen molar-refractivity contribution < 1.29 is 5.11 Å². The van der Waals surface area contributed by atoms with E-state index in [1.165, 1.54) is 19.5 Å². The maximum atomic E-state index is 9.45. The van der Waals surface area contributed by atoms with Gasteiger partial charge >= 0.3 is 0 Å². The molecule has 0 aromatic heterocycles. The van der Waals surface area contributed by atoms with Crippen LogP contribution in [0.15, 0.2) is 0 Å². The number of hydrogen-bond donors (Lipinski definition) is 2. The van der Waals surface area contributed by atoms with Crippen LogP contribution < -0.4 is 5.32 Å². The van der Waals surface area contributed by atoms with Crippen molar-refractivity contribution in [3.8, 4) is 0 Å². The molecular weight excluding hydrogens is 188 g/mol. The lowest BCUT2D eigenvalue weighted by Gasteiger charge is -2.33. The molecule has 2 unspecified atom stereocenters. The average molecular weight is 214 g/mol. The Morgan fingerprint density at radius 3 is 2.73 bits per heavy atom. The first-order chi connectivity index (χ1) is 7.09. The van der Waals surface area contributed by atoms with Crippen LogP contribution in [-0.4, -0.2) is 48.3 Å². The van der Waals surface area contributed by atoms with E-state index >= 15 is 0 Å². The lowest BCUT2D eigenvalue weighted by atomic mass is 10.0. The van der Waals surface area contributed by atoms with E-state index < -0.39 is 0 Å². The van der Waals surface area contributed by atoms with Crippen LogP contribution in [0.3, 0.4) is 0 Å². The maximum Gasteiger partial charge on any atom is 0.0623 e. The van der Waals surface area contributed by atoms with Gasteiger partial charge in [-0.2, -0.15) is 0 Å². The van der Waals surface area contributed by atoms with Gasteiger partial charge in [-0.3, -0.25) is 0 Å². The molecule has 0 spiro atoms. The summed E-state index contributed by atoms with van der Waals surface area (Å²) in [6, 6.07) is 0. The minimum atomic E-state index is -0.125. The standard InChI is InChI=1S/C12H26N2O/c1-4-6-13-12(3,10-15)9-14-7-5-11(2)8-14/h11,13,15H,4-10H2,1-3H3. The summed E-state index contributed by atoms with van der Waals surface area (Å²) in [5, 5.41) is 12.9. The predicted octanol–water partition coefficient (Wildman–Crippen LogP) is 1.08. The Kier molecular flexibility index (Phi) is 5.03. The van der Waals surface area contributed by atoms with Crippen molar-refractivity contribution in [3.05, 3.63) is 0 Å². The van der Waals surface area contributed by atoms with Crippen molar-refractivity contribution in [2.75, 3.05) is 32.8 Å². The van der Waals surface area contributed by atoms with Gasteiger partial charge in [0.2, 0.25) is 0 Å². The van der Waals surface area contributed by atoms with E-state index in [9.17, 15) is 5.11 Å². The molecule has 1 fully saturated rings. The van der Waals surface area contributed by atoms with E-state index in [0.29, 0.717) is 0 Å². The summed E-state index contributed by atoms with van der Waals surface area (Å²) in [5.41, 5.74) is -0.125. The summed E-state index contributed by atoms with van der Waals surface area (Å²) < 4.78 is 0. The van der Waals surface area contributed by atoms with Crippen LogP contribution in [0.25, 0.3) is 0 Å². The number of nitrogens with one attached hydrogen (secondary N) is 1. The van der Waals surface area contributed by atoms with Crippen LogP contribution in [0.2, 0.25) is 0 Å². The Bertz CT molecular complexity index is 186. The summed E-state index contributed by atoms with van der Waals surface area (Å²) in [4.78, 5) is 2.46. The Hall–Kier alpha value is -0.120. The van der Waals surface area contributed by atoms with Crippen LogP contribution in [-0.2, 0) is 0 Å². The van der Waals surface area contributed by atoms with Gasteiger partial charge < -0.3 is 15.3 Å². The highest BCUT2D eigenvalue weighted by Crippen LogP contribution is 2.17. The fraction of sp³-hybridized carbons (Fsp3) is 1.00. The first-order valence-corrected chi connectivity index (χ1v) is 6.18. The summed E-state index contributed by atoms with van der Waals surface area (Å²) in [7, 11) is 0. The van der Waals surface area contributed by atoms with E-state index in [0.717, 1.165) is 25.4 Å². The first-order valence-electron chi connectivity index (χ1n) is 6.18. The SMILES string of the molecule is CCCNC(C)(CO)CN1CCC(C)C1. The van der Waals surface area contributed by atoms with Crippen molar-refractivity contribution in [1.29, 1.82) is 0 Å². The molecule has 1 rings (SSSR count). The van der Waals surface area contributed by atoms with Gasteiger partial charge in [0.05, 0.1) is 12.1 Å². The highest BCUT2D eigenvalue weighted by atomic mass is 16.3. The summed E-state index contributed by atoms with van der Waals surface area (Å²) in [5.74, 6) is 0.819. The van der Waals surface area contributed by atoms with E-state index in [1.807, 2.05) is 0 Å². The molecular formula is C12H26N2O. The number of hydrogen-bond acceptors (Lipinski definition) is 3. The minimum Gasteiger partial charge on any atom is -0.394 e. The van der Waals surface area contributed by atoms with Crippen molar-refractivity contribution in [2.45, 2.75) is 39.2 Å². The molecule has 0 bridgehead atoms. The van der Waals surface area contributed by atoms with Crippen molar-refractivity contribution >= 4 is 0 Å². The average Bonchev–Trinajstić information content (AvgIpc) is 2.61. The van der Waals surface area contributed by atoms with Gasteiger partial charge in [0.1, 0.15) is 0 Å². The van der Waals surface area contributed by atoms with Crippen LogP contribution in [0.1, 0.15) is 33.6 Å². The van der Waals surface area contributed by atoms with Gasteiger partial charge in [-0.25, -0.2) is 0 Å². The summed E-state index contributed by atoms with van der Waals surface area (Å²) >= 11 is 0. The fourth-order valence-corrected chi connectivity index (χ4v) is 2.25. The van der Waals surface area contributed by atoms with Gasteiger partial charge in [0.15, 0.2) is 0 Å². The second kappa shape index (κ2) is 5.83. The lowest BCUT2D eigenvalue weighted by molar-refractivity contribution is 0.130. The first kappa shape index (κ1) is 12.9. The fourth-order valence-electron chi connectivity index (χ4n) is 2.25. The molecule has 1 aliphatic rings. The molecule has 15 heavy (non-hydrogen) atoms. The molecule has 0 amide bonds. The molecule has 0 aromatic carbocycles. The normalized spacial score (nSPS) is 26.8. The molecule has 1 aliphatic heterocycles. The number of aliphatic hydroxyl groups excluding tert-OH is 1. The Morgan fingerprint density at radius 1 is 1.53 bits per heavy atom. The Balaban J connectivity index is 2.37. The summed E-state index contributed by atoms with van der Waals surface area (Å²) in [6.07, 6.45) is 2.42. The zero-order valence-corrected chi connectivity index (χ0v) is 10.4. The number of aliphatic hydroxyl groups is 1. The molecule has 3 nitrogen and oxygen atoms in total. The lowest BCUT2D eigenvalue weighted by Crippen LogP contribution is -2.53. The molecule has 2 atom stereocenters. The molecule has 0 saturated carbocycles. The number of likely N-dealkylation sites (tertiary alicyclic amines) is 1. The van der Waals surface area contributed by atoms with Crippen molar-refractivity contribution in [1.82, 2.24) is 10.2 Å². The zero-order chi connectivity index (χ0) is 11.3. The van der Waals surface area contributed by atoms with Crippen LogP contribution in [0.5, 0.6) is 0 Å². The van der Waals surface area contributed by atoms with E-state index in [-0.39, 0.29) is 12.1 Å². The van der Waals surface area contributed by atoms with Crippen molar-refractivity contribution in [3.63, 3.8) is 0 Å². The third-order valence-electron chi connectivity index (χ3n) is 3.23. The quantitative estimate of drug-likeness (QED) is 0.694. The molecule has 3 heteroatoms.